The highest BCUT2D eigenvalue weighted by Crippen LogP contribution is 2.15. The summed E-state index contributed by atoms with van der Waals surface area (Å²) >= 11 is 0. The minimum absolute atomic E-state index is 0.156. The van der Waals surface area contributed by atoms with Gasteiger partial charge in [0, 0.05) is 39.0 Å². The molecule has 0 spiro atoms. The Balaban J connectivity index is 1.42. The van der Waals surface area contributed by atoms with Crippen LogP contribution in [0.4, 0.5) is 0 Å². The fourth-order valence-electron chi connectivity index (χ4n) is 3.82. The smallest absolute Gasteiger partial charge is 0.222 e. The zero-order valence-electron chi connectivity index (χ0n) is 18.5. The molecule has 3 rings (SSSR count). The Hall–Kier alpha value is -3.02. The van der Waals surface area contributed by atoms with Crippen LogP contribution in [0.5, 0.6) is 11.5 Å². The summed E-state index contributed by atoms with van der Waals surface area (Å²) in [6.45, 7) is 2.64. The molecule has 1 saturated heterocycles. The van der Waals surface area contributed by atoms with Gasteiger partial charge in [0.15, 0.2) is 0 Å². The third-order valence-electron chi connectivity index (χ3n) is 5.77. The molecule has 2 amide bonds. The monoisotopic (exact) mass is 424 g/mol. The summed E-state index contributed by atoms with van der Waals surface area (Å²) in [4.78, 5) is 29.2. The molecule has 0 saturated carbocycles. The molecule has 6 nitrogen and oxygen atoms in total. The van der Waals surface area contributed by atoms with Crippen molar-refractivity contribution in [1.29, 1.82) is 0 Å². The van der Waals surface area contributed by atoms with E-state index in [1.165, 1.54) is 0 Å². The van der Waals surface area contributed by atoms with Crippen LogP contribution >= 0.6 is 0 Å². The number of carbonyl (C=O) groups is 2. The number of nitrogens with zero attached hydrogens (tertiary/aromatic N) is 2. The van der Waals surface area contributed by atoms with E-state index >= 15 is 0 Å². The summed E-state index contributed by atoms with van der Waals surface area (Å²) in [5, 5.41) is 0. The quantitative estimate of drug-likeness (QED) is 0.652. The minimum atomic E-state index is 0.156. The van der Waals surface area contributed by atoms with Crippen LogP contribution in [0.15, 0.2) is 48.5 Å². The Bertz CT molecular complexity index is 777. The first kappa shape index (κ1) is 22.7. The lowest BCUT2D eigenvalue weighted by molar-refractivity contribution is -0.133. The van der Waals surface area contributed by atoms with Crippen LogP contribution in [0.2, 0.25) is 0 Å². The number of ether oxygens (including phenoxy) is 2. The second kappa shape index (κ2) is 11.4. The minimum Gasteiger partial charge on any atom is -0.497 e. The van der Waals surface area contributed by atoms with Crippen LogP contribution < -0.4 is 9.47 Å². The Morgan fingerprint density at radius 3 is 1.42 bits per heavy atom. The van der Waals surface area contributed by atoms with Gasteiger partial charge in [-0.2, -0.15) is 0 Å². The highest BCUT2D eigenvalue weighted by atomic mass is 16.5. The fraction of sp³-hybridized carbons (Fsp3) is 0.440. The Labute approximate surface area is 184 Å². The second-order valence-electron chi connectivity index (χ2n) is 7.81. The summed E-state index contributed by atoms with van der Waals surface area (Å²) in [5.41, 5.74) is 2.25. The zero-order chi connectivity index (χ0) is 22.1. The van der Waals surface area contributed by atoms with Crippen molar-refractivity contribution in [3.05, 3.63) is 59.7 Å². The molecule has 6 heteroatoms. The van der Waals surface area contributed by atoms with Gasteiger partial charge in [0.25, 0.3) is 0 Å². The van der Waals surface area contributed by atoms with Gasteiger partial charge in [0.05, 0.1) is 14.2 Å². The van der Waals surface area contributed by atoms with E-state index in [9.17, 15) is 9.59 Å². The normalized spacial score (nSPS) is 14.1. The van der Waals surface area contributed by atoms with Crippen LogP contribution in [0.25, 0.3) is 0 Å². The summed E-state index contributed by atoms with van der Waals surface area (Å²) in [6.07, 6.45) is 3.21. The lowest BCUT2D eigenvalue weighted by Crippen LogP contribution is -2.37. The molecule has 0 radical (unpaired) electrons. The lowest BCUT2D eigenvalue weighted by Gasteiger charge is -2.22. The average Bonchev–Trinajstić information content (AvgIpc) is 3.08. The average molecular weight is 425 g/mol. The topological polar surface area (TPSA) is 59.1 Å². The SMILES string of the molecule is COc1ccc(CCC(=O)N2CCCN(C(=O)CCc3ccc(OC)cc3)CC2)cc1. The van der Waals surface area contributed by atoms with Gasteiger partial charge in [-0.15, -0.1) is 0 Å². The number of aryl methyl sites for hydroxylation is 2. The van der Waals surface area contributed by atoms with Crippen LogP contribution in [-0.2, 0) is 22.4 Å². The van der Waals surface area contributed by atoms with Gasteiger partial charge >= 0.3 is 0 Å². The molecule has 31 heavy (non-hydrogen) atoms. The van der Waals surface area contributed by atoms with Gasteiger partial charge in [-0.3, -0.25) is 9.59 Å². The van der Waals surface area contributed by atoms with Gasteiger partial charge in [-0.05, 0) is 54.7 Å². The number of benzene rings is 2. The van der Waals surface area contributed by atoms with Crippen molar-refractivity contribution < 1.29 is 19.1 Å². The highest BCUT2D eigenvalue weighted by Gasteiger charge is 2.21. The number of carbonyl (C=O) groups excluding carboxylic acids is 2. The van der Waals surface area contributed by atoms with Crippen LogP contribution in [-0.4, -0.2) is 62.0 Å². The maximum Gasteiger partial charge on any atom is 0.222 e. The Morgan fingerprint density at radius 1 is 0.677 bits per heavy atom. The molecule has 1 aliphatic heterocycles. The molecule has 2 aromatic rings. The van der Waals surface area contributed by atoms with Gasteiger partial charge < -0.3 is 19.3 Å². The number of amides is 2. The van der Waals surface area contributed by atoms with Crippen molar-refractivity contribution in [2.45, 2.75) is 32.1 Å². The van der Waals surface area contributed by atoms with E-state index in [1.54, 1.807) is 14.2 Å². The van der Waals surface area contributed by atoms with Crippen molar-refractivity contribution >= 4 is 11.8 Å². The molecule has 0 aromatic heterocycles. The first-order valence-electron chi connectivity index (χ1n) is 10.9. The molecule has 1 fully saturated rings. The maximum atomic E-state index is 12.7. The molecule has 0 atom stereocenters. The van der Waals surface area contributed by atoms with Gasteiger partial charge in [0.2, 0.25) is 11.8 Å². The lowest BCUT2D eigenvalue weighted by atomic mass is 10.1. The predicted octanol–water partition coefficient (Wildman–Crippen LogP) is 3.33. The van der Waals surface area contributed by atoms with Gasteiger partial charge in [0.1, 0.15) is 11.5 Å². The summed E-state index contributed by atoms with van der Waals surface area (Å²) in [7, 11) is 3.29. The van der Waals surface area contributed by atoms with E-state index in [2.05, 4.69) is 0 Å². The van der Waals surface area contributed by atoms with Gasteiger partial charge in [-0.1, -0.05) is 24.3 Å². The largest absolute Gasteiger partial charge is 0.497 e. The standard InChI is InChI=1S/C25H32N2O4/c1-30-22-10-4-20(5-11-22)8-14-24(28)26-16-3-17-27(19-18-26)25(29)15-9-21-6-12-23(31-2)13-7-21/h4-7,10-13H,3,8-9,14-19H2,1-2H3. The predicted molar refractivity (Wildman–Crippen MR) is 120 cm³/mol. The Morgan fingerprint density at radius 2 is 1.06 bits per heavy atom. The van der Waals surface area contributed by atoms with E-state index in [4.69, 9.17) is 9.47 Å². The molecule has 166 valence electrons. The Kier molecular flexibility index (Phi) is 8.33. The van der Waals surface area contributed by atoms with Crippen molar-refractivity contribution in [2.24, 2.45) is 0 Å². The molecule has 0 N–H and O–H groups in total. The molecular weight excluding hydrogens is 392 g/mol. The molecule has 0 aliphatic carbocycles. The first-order chi connectivity index (χ1) is 15.1. The third-order valence-corrected chi connectivity index (χ3v) is 5.77. The van der Waals surface area contributed by atoms with E-state index < -0.39 is 0 Å². The zero-order valence-corrected chi connectivity index (χ0v) is 18.5. The second-order valence-corrected chi connectivity index (χ2v) is 7.81. The summed E-state index contributed by atoms with van der Waals surface area (Å²) in [6, 6.07) is 15.7. The first-order valence-corrected chi connectivity index (χ1v) is 10.9. The van der Waals surface area contributed by atoms with Crippen LogP contribution in [0, 0.1) is 0 Å². The summed E-state index contributed by atoms with van der Waals surface area (Å²) in [5.74, 6) is 1.95. The number of hydrogen-bond donors (Lipinski definition) is 0. The van der Waals surface area contributed by atoms with Crippen molar-refractivity contribution in [2.75, 3.05) is 40.4 Å². The molecular formula is C25H32N2O4. The molecule has 1 aliphatic rings. The molecule has 2 aromatic carbocycles. The fourth-order valence-corrected chi connectivity index (χ4v) is 3.82. The van der Waals surface area contributed by atoms with Crippen LogP contribution in [0.1, 0.15) is 30.4 Å². The molecule has 0 bridgehead atoms. The van der Waals surface area contributed by atoms with Gasteiger partial charge in [-0.25, -0.2) is 0 Å². The van der Waals surface area contributed by atoms with Crippen molar-refractivity contribution in [1.82, 2.24) is 9.80 Å². The number of methoxy groups -OCH3 is 2. The number of rotatable bonds is 8. The van der Waals surface area contributed by atoms with E-state index in [-0.39, 0.29) is 11.8 Å². The van der Waals surface area contributed by atoms with E-state index in [0.717, 1.165) is 29.0 Å². The van der Waals surface area contributed by atoms with Crippen molar-refractivity contribution in [3.8, 4) is 11.5 Å². The molecule has 1 heterocycles. The van der Waals surface area contributed by atoms with E-state index in [0.29, 0.717) is 51.9 Å². The third kappa shape index (κ3) is 6.74. The summed E-state index contributed by atoms with van der Waals surface area (Å²) < 4.78 is 10.3. The highest BCUT2D eigenvalue weighted by molar-refractivity contribution is 5.78. The van der Waals surface area contributed by atoms with Crippen molar-refractivity contribution in [3.63, 3.8) is 0 Å². The molecule has 0 unspecified atom stereocenters. The maximum absolute atomic E-state index is 12.7. The van der Waals surface area contributed by atoms with E-state index in [1.807, 2.05) is 58.3 Å². The van der Waals surface area contributed by atoms with Crippen LogP contribution in [0.3, 0.4) is 0 Å². The number of hydrogen-bond acceptors (Lipinski definition) is 4.